The van der Waals surface area contributed by atoms with Crippen LogP contribution in [0.3, 0.4) is 0 Å². The van der Waals surface area contributed by atoms with Gasteiger partial charge in [-0.2, -0.15) is 0 Å². The lowest BCUT2D eigenvalue weighted by Crippen LogP contribution is -2.13. The minimum atomic E-state index is -0.880. The fourth-order valence-corrected chi connectivity index (χ4v) is 1.34. The monoisotopic (exact) mass is 287 g/mol. The molecule has 1 unspecified atom stereocenters. The van der Waals surface area contributed by atoms with Gasteiger partial charge in [-0.05, 0) is 19.1 Å². The Kier molecular flexibility index (Phi) is 6.38. The maximum atomic E-state index is 9.96. The maximum Gasteiger partial charge on any atom is 0.294 e. The van der Waals surface area contributed by atoms with Crippen LogP contribution in [-0.2, 0) is 4.84 Å². The van der Waals surface area contributed by atoms with E-state index in [1.165, 1.54) is 7.11 Å². The van der Waals surface area contributed by atoms with E-state index in [0.717, 1.165) is 0 Å². The molecule has 112 valence electrons. The van der Waals surface area contributed by atoms with Crippen molar-refractivity contribution in [3.8, 4) is 17.2 Å². The average Bonchev–Trinajstić information content (AvgIpc) is 2.41. The second kappa shape index (κ2) is 8.05. The number of benzene rings is 1. The van der Waals surface area contributed by atoms with Gasteiger partial charge in [0.1, 0.15) is 25.6 Å². The Hall–Kier alpha value is -2.22. The molecule has 0 amide bonds. The van der Waals surface area contributed by atoms with E-state index in [-0.39, 0.29) is 19.8 Å². The molecule has 1 rings (SSSR count). The Balaban J connectivity index is 2.59. The van der Waals surface area contributed by atoms with E-state index in [9.17, 15) is 15.2 Å². The van der Waals surface area contributed by atoms with E-state index < -0.39 is 11.2 Å². The van der Waals surface area contributed by atoms with Gasteiger partial charge in [-0.3, -0.25) is 0 Å². The highest BCUT2D eigenvalue weighted by molar-refractivity contribution is 5.45. The highest BCUT2D eigenvalue weighted by Gasteiger charge is 2.08. The van der Waals surface area contributed by atoms with Crippen molar-refractivity contribution in [2.75, 3.05) is 26.9 Å². The standard InChI is InChI=1S/C12H17NO7/c1-9(14)8-19-12-7-10(3-4-11(12)17-2)18-5-6-20-13(15)16/h3-4,7,9,14H,5-6,8H2,1-2H3. The molecule has 20 heavy (non-hydrogen) atoms. The molecule has 0 radical (unpaired) electrons. The lowest BCUT2D eigenvalue weighted by atomic mass is 10.3. The molecule has 0 aromatic heterocycles. The van der Waals surface area contributed by atoms with Crippen LogP contribution in [0.2, 0.25) is 0 Å². The van der Waals surface area contributed by atoms with Gasteiger partial charge in [-0.1, -0.05) is 0 Å². The van der Waals surface area contributed by atoms with Crippen LogP contribution in [0.15, 0.2) is 18.2 Å². The number of hydrogen-bond donors (Lipinski definition) is 1. The van der Waals surface area contributed by atoms with Crippen molar-refractivity contribution in [2.24, 2.45) is 0 Å². The summed E-state index contributed by atoms with van der Waals surface area (Å²) in [4.78, 5) is 14.1. The summed E-state index contributed by atoms with van der Waals surface area (Å²) in [6.07, 6.45) is -0.613. The smallest absolute Gasteiger partial charge is 0.294 e. The van der Waals surface area contributed by atoms with Gasteiger partial charge in [0, 0.05) is 6.07 Å². The van der Waals surface area contributed by atoms with Gasteiger partial charge >= 0.3 is 0 Å². The molecule has 1 aromatic carbocycles. The third-order valence-corrected chi connectivity index (χ3v) is 2.16. The fraction of sp³-hybridized carbons (Fsp3) is 0.500. The van der Waals surface area contributed by atoms with Crippen molar-refractivity contribution in [1.82, 2.24) is 0 Å². The summed E-state index contributed by atoms with van der Waals surface area (Å²) in [6.45, 7) is 1.58. The molecular formula is C12H17NO7. The second-order valence-corrected chi connectivity index (χ2v) is 3.88. The Labute approximate surface area is 115 Å². The van der Waals surface area contributed by atoms with Crippen molar-refractivity contribution in [3.05, 3.63) is 28.3 Å². The summed E-state index contributed by atoms with van der Waals surface area (Å²) in [5.41, 5.74) is 0. The van der Waals surface area contributed by atoms with Gasteiger partial charge < -0.3 is 24.2 Å². The summed E-state index contributed by atoms with van der Waals surface area (Å²) in [5.74, 6) is 1.37. The first-order valence-corrected chi connectivity index (χ1v) is 5.92. The summed E-state index contributed by atoms with van der Waals surface area (Å²) < 4.78 is 15.8. The normalized spacial score (nSPS) is 11.6. The molecule has 0 spiro atoms. The van der Waals surface area contributed by atoms with Crippen molar-refractivity contribution in [3.63, 3.8) is 0 Å². The number of ether oxygens (including phenoxy) is 3. The number of methoxy groups -OCH3 is 1. The molecule has 0 saturated carbocycles. The van der Waals surface area contributed by atoms with Crippen molar-refractivity contribution in [1.29, 1.82) is 0 Å². The first-order valence-electron chi connectivity index (χ1n) is 5.92. The first kappa shape index (κ1) is 15.8. The van der Waals surface area contributed by atoms with Gasteiger partial charge in [0.15, 0.2) is 11.5 Å². The molecule has 0 saturated heterocycles. The average molecular weight is 287 g/mol. The van der Waals surface area contributed by atoms with Crippen LogP contribution in [-0.4, -0.2) is 43.2 Å². The second-order valence-electron chi connectivity index (χ2n) is 3.88. The molecule has 0 bridgehead atoms. The predicted octanol–water partition coefficient (Wildman–Crippen LogP) is 1.04. The van der Waals surface area contributed by atoms with Crippen LogP contribution in [0.1, 0.15) is 6.92 Å². The van der Waals surface area contributed by atoms with Crippen LogP contribution >= 0.6 is 0 Å². The number of aliphatic hydroxyl groups is 1. The van der Waals surface area contributed by atoms with Crippen molar-refractivity contribution >= 4 is 0 Å². The Bertz CT molecular complexity index is 436. The molecule has 0 aliphatic heterocycles. The van der Waals surface area contributed by atoms with Gasteiger partial charge in [-0.25, -0.2) is 0 Å². The topological polar surface area (TPSA) is 100 Å². The molecule has 0 heterocycles. The van der Waals surface area contributed by atoms with Gasteiger partial charge in [0.05, 0.1) is 13.2 Å². The van der Waals surface area contributed by atoms with E-state index >= 15 is 0 Å². The highest BCUT2D eigenvalue weighted by Crippen LogP contribution is 2.31. The van der Waals surface area contributed by atoms with E-state index in [0.29, 0.717) is 17.2 Å². The quantitative estimate of drug-likeness (QED) is 0.411. The van der Waals surface area contributed by atoms with Crippen LogP contribution in [0, 0.1) is 10.1 Å². The largest absolute Gasteiger partial charge is 0.493 e. The highest BCUT2D eigenvalue weighted by atomic mass is 17.0. The predicted molar refractivity (Wildman–Crippen MR) is 68.6 cm³/mol. The summed E-state index contributed by atoms with van der Waals surface area (Å²) in [5, 5.41) is 18.3. The minimum absolute atomic E-state index is 0.0309. The van der Waals surface area contributed by atoms with Crippen molar-refractivity contribution in [2.45, 2.75) is 13.0 Å². The fourth-order valence-electron chi connectivity index (χ4n) is 1.34. The van der Waals surface area contributed by atoms with Crippen LogP contribution in [0.25, 0.3) is 0 Å². The molecular weight excluding hydrogens is 270 g/mol. The van der Waals surface area contributed by atoms with Crippen molar-refractivity contribution < 1.29 is 29.2 Å². The van der Waals surface area contributed by atoms with Gasteiger partial charge in [-0.15, -0.1) is 10.1 Å². The van der Waals surface area contributed by atoms with E-state index in [4.69, 9.17) is 14.2 Å². The minimum Gasteiger partial charge on any atom is -0.493 e. The Morgan fingerprint density at radius 3 is 2.65 bits per heavy atom. The van der Waals surface area contributed by atoms with Crippen LogP contribution in [0.4, 0.5) is 0 Å². The molecule has 1 atom stereocenters. The van der Waals surface area contributed by atoms with E-state index in [1.807, 2.05) is 0 Å². The van der Waals surface area contributed by atoms with E-state index in [1.54, 1.807) is 25.1 Å². The van der Waals surface area contributed by atoms with Gasteiger partial charge in [0.2, 0.25) is 0 Å². The SMILES string of the molecule is COc1ccc(OCCO[N+](=O)[O-])cc1OCC(C)O. The number of rotatable bonds is 9. The molecule has 8 heteroatoms. The third kappa shape index (κ3) is 5.61. The molecule has 1 aromatic rings. The zero-order chi connectivity index (χ0) is 15.0. The Morgan fingerprint density at radius 1 is 1.30 bits per heavy atom. The molecule has 0 fully saturated rings. The number of aliphatic hydroxyl groups excluding tert-OH is 1. The first-order chi connectivity index (χ1) is 9.52. The van der Waals surface area contributed by atoms with E-state index in [2.05, 4.69) is 4.84 Å². The number of nitrogens with zero attached hydrogens (tertiary/aromatic N) is 1. The zero-order valence-corrected chi connectivity index (χ0v) is 11.3. The lowest BCUT2D eigenvalue weighted by molar-refractivity contribution is -0.757. The summed E-state index contributed by atoms with van der Waals surface area (Å²) >= 11 is 0. The zero-order valence-electron chi connectivity index (χ0n) is 11.3. The maximum absolute atomic E-state index is 9.96. The molecule has 0 aliphatic rings. The van der Waals surface area contributed by atoms with Gasteiger partial charge in [0.25, 0.3) is 5.09 Å². The summed E-state index contributed by atoms with van der Waals surface area (Å²) in [6, 6.07) is 4.86. The summed E-state index contributed by atoms with van der Waals surface area (Å²) in [7, 11) is 1.50. The molecule has 0 aliphatic carbocycles. The third-order valence-electron chi connectivity index (χ3n) is 2.16. The molecule has 8 nitrogen and oxygen atoms in total. The lowest BCUT2D eigenvalue weighted by Gasteiger charge is -2.13. The van der Waals surface area contributed by atoms with Crippen LogP contribution in [0.5, 0.6) is 17.2 Å². The van der Waals surface area contributed by atoms with Crippen LogP contribution < -0.4 is 14.2 Å². The number of hydrogen-bond acceptors (Lipinski definition) is 7. The molecule has 1 N–H and O–H groups in total. The Morgan fingerprint density at radius 2 is 2.05 bits per heavy atom.